The summed E-state index contributed by atoms with van der Waals surface area (Å²) in [6, 6.07) is 3.97. The summed E-state index contributed by atoms with van der Waals surface area (Å²) in [4.78, 5) is 11.8. The number of hydrogen-bond acceptors (Lipinski definition) is 3. The van der Waals surface area contributed by atoms with E-state index < -0.39 is 0 Å². The minimum absolute atomic E-state index is 0.0463. The number of hydrogen-bond donors (Lipinski definition) is 1. The fourth-order valence-corrected chi connectivity index (χ4v) is 1.90. The summed E-state index contributed by atoms with van der Waals surface area (Å²) in [6.45, 7) is 6.11. The van der Waals surface area contributed by atoms with Crippen molar-refractivity contribution in [3.63, 3.8) is 0 Å². The summed E-state index contributed by atoms with van der Waals surface area (Å²) in [5.41, 5.74) is 0.0463. The summed E-state index contributed by atoms with van der Waals surface area (Å²) in [5, 5.41) is 3.33. The first kappa shape index (κ1) is 12.7. The van der Waals surface area contributed by atoms with Crippen LogP contribution in [0.3, 0.4) is 0 Å². The molecule has 0 saturated carbocycles. The molecule has 0 aromatic carbocycles. The molecule has 2 aromatic heterocycles. The number of aromatic nitrogens is 2. The SMILES string of the molecule is CCn1ccn(CCNC(C)c2ccco2)c1=O. The van der Waals surface area contributed by atoms with Crippen LogP contribution < -0.4 is 11.0 Å². The third-order valence-electron chi connectivity index (χ3n) is 3.03. The van der Waals surface area contributed by atoms with E-state index >= 15 is 0 Å². The Morgan fingerprint density at radius 2 is 2.17 bits per heavy atom. The molecule has 1 unspecified atom stereocenters. The van der Waals surface area contributed by atoms with E-state index in [1.807, 2.05) is 38.4 Å². The van der Waals surface area contributed by atoms with Crippen LogP contribution in [0.5, 0.6) is 0 Å². The van der Waals surface area contributed by atoms with Gasteiger partial charge in [-0.3, -0.25) is 9.13 Å². The highest BCUT2D eigenvalue weighted by Crippen LogP contribution is 2.11. The molecule has 5 nitrogen and oxygen atoms in total. The first-order valence-corrected chi connectivity index (χ1v) is 6.24. The quantitative estimate of drug-likeness (QED) is 0.846. The molecule has 2 rings (SSSR count). The van der Waals surface area contributed by atoms with Gasteiger partial charge in [0.15, 0.2) is 0 Å². The fraction of sp³-hybridized carbons (Fsp3) is 0.462. The second-order valence-electron chi connectivity index (χ2n) is 4.25. The number of imidazole rings is 1. The average molecular weight is 249 g/mol. The molecular weight excluding hydrogens is 230 g/mol. The maximum absolute atomic E-state index is 11.8. The van der Waals surface area contributed by atoms with Crippen LogP contribution in [-0.2, 0) is 13.1 Å². The van der Waals surface area contributed by atoms with Crippen LogP contribution in [0.15, 0.2) is 40.0 Å². The molecule has 0 spiro atoms. The Kier molecular flexibility index (Phi) is 4.04. The summed E-state index contributed by atoms with van der Waals surface area (Å²) in [7, 11) is 0. The molecule has 0 aliphatic carbocycles. The molecule has 2 heterocycles. The molecule has 1 N–H and O–H groups in total. The Balaban J connectivity index is 1.85. The summed E-state index contributed by atoms with van der Waals surface area (Å²) in [6.07, 6.45) is 5.31. The van der Waals surface area contributed by atoms with Crippen molar-refractivity contribution in [2.75, 3.05) is 6.54 Å². The van der Waals surface area contributed by atoms with Gasteiger partial charge >= 0.3 is 5.69 Å². The largest absolute Gasteiger partial charge is 0.468 e. The third kappa shape index (κ3) is 2.73. The van der Waals surface area contributed by atoms with Crippen molar-refractivity contribution in [1.29, 1.82) is 0 Å². The van der Waals surface area contributed by atoms with Crippen molar-refractivity contribution >= 4 is 0 Å². The lowest BCUT2D eigenvalue weighted by molar-refractivity contribution is 0.422. The summed E-state index contributed by atoms with van der Waals surface area (Å²) < 4.78 is 8.71. The van der Waals surface area contributed by atoms with Crippen LogP contribution in [0.4, 0.5) is 0 Å². The van der Waals surface area contributed by atoms with E-state index in [2.05, 4.69) is 5.32 Å². The smallest absolute Gasteiger partial charge is 0.328 e. The lowest BCUT2D eigenvalue weighted by Gasteiger charge is -2.11. The third-order valence-corrected chi connectivity index (χ3v) is 3.03. The van der Waals surface area contributed by atoms with Gasteiger partial charge in [-0.25, -0.2) is 4.79 Å². The first-order valence-electron chi connectivity index (χ1n) is 6.24. The molecule has 98 valence electrons. The van der Waals surface area contributed by atoms with E-state index in [0.29, 0.717) is 13.1 Å². The molecule has 2 aromatic rings. The number of nitrogens with zero attached hydrogens (tertiary/aromatic N) is 2. The van der Waals surface area contributed by atoms with E-state index in [4.69, 9.17) is 4.42 Å². The lowest BCUT2D eigenvalue weighted by atomic mass is 10.2. The zero-order valence-electron chi connectivity index (χ0n) is 10.8. The molecule has 0 aliphatic rings. The Bertz CT molecular complexity index is 525. The van der Waals surface area contributed by atoms with Gasteiger partial charge in [-0.2, -0.15) is 0 Å². The van der Waals surface area contributed by atoms with Crippen LogP contribution in [0.2, 0.25) is 0 Å². The molecule has 18 heavy (non-hydrogen) atoms. The van der Waals surface area contributed by atoms with Gasteiger partial charge in [0.1, 0.15) is 5.76 Å². The maximum Gasteiger partial charge on any atom is 0.328 e. The fourth-order valence-electron chi connectivity index (χ4n) is 1.90. The summed E-state index contributed by atoms with van der Waals surface area (Å²) in [5.74, 6) is 0.911. The van der Waals surface area contributed by atoms with Crippen molar-refractivity contribution < 1.29 is 4.42 Å². The number of furan rings is 1. The Hall–Kier alpha value is -1.75. The lowest BCUT2D eigenvalue weighted by Crippen LogP contribution is -2.29. The Morgan fingerprint density at radius 3 is 2.78 bits per heavy atom. The van der Waals surface area contributed by atoms with Gasteiger partial charge in [0.05, 0.1) is 12.3 Å². The molecule has 0 radical (unpaired) electrons. The van der Waals surface area contributed by atoms with E-state index in [9.17, 15) is 4.79 Å². The van der Waals surface area contributed by atoms with E-state index in [1.54, 1.807) is 15.4 Å². The van der Waals surface area contributed by atoms with E-state index in [-0.39, 0.29) is 11.7 Å². The van der Waals surface area contributed by atoms with Crippen molar-refractivity contribution in [2.24, 2.45) is 0 Å². The van der Waals surface area contributed by atoms with Gasteiger partial charge < -0.3 is 9.73 Å². The van der Waals surface area contributed by atoms with Crippen LogP contribution in [0.25, 0.3) is 0 Å². The molecule has 5 heteroatoms. The highest BCUT2D eigenvalue weighted by atomic mass is 16.3. The zero-order valence-corrected chi connectivity index (χ0v) is 10.8. The number of rotatable bonds is 6. The predicted molar refractivity (Wildman–Crippen MR) is 69.5 cm³/mol. The first-order chi connectivity index (χ1) is 8.72. The van der Waals surface area contributed by atoms with Gasteiger partial charge in [-0.1, -0.05) is 0 Å². The molecular formula is C13H19N3O2. The van der Waals surface area contributed by atoms with Crippen LogP contribution in [-0.4, -0.2) is 15.7 Å². The van der Waals surface area contributed by atoms with Crippen molar-refractivity contribution in [2.45, 2.75) is 33.0 Å². The van der Waals surface area contributed by atoms with Crippen LogP contribution >= 0.6 is 0 Å². The Morgan fingerprint density at radius 1 is 1.39 bits per heavy atom. The second-order valence-corrected chi connectivity index (χ2v) is 4.25. The Labute approximate surface area is 106 Å². The van der Waals surface area contributed by atoms with Gasteiger partial charge in [0.25, 0.3) is 0 Å². The topological polar surface area (TPSA) is 52.1 Å². The van der Waals surface area contributed by atoms with Crippen LogP contribution in [0.1, 0.15) is 25.6 Å². The minimum Gasteiger partial charge on any atom is -0.468 e. The molecule has 0 fully saturated rings. The van der Waals surface area contributed by atoms with Gasteiger partial charge in [0.2, 0.25) is 0 Å². The monoisotopic (exact) mass is 249 g/mol. The highest BCUT2D eigenvalue weighted by molar-refractivity contribution is 5.02. The van der Waals surface area contributed by atoms with Gasteiger partial charge in [-0.05, 0) is 26.0 Å². The van der Waals surface area contributed by atoms with E-state index in [0.717, 1.165) is 12.3 Å². The predicted octanol–water partition coefficient (Wildman–Crippen LogP) is 1.61. The summed E-state index contributed by atoms with van der Waals surface area (Å²) >= 11 is 0. The van der Waals surface area contributed by atoms with E-state index in [1.165, 1.54) is 0 Å². The normalized spacial score (nSPS) is 12.8. The van der Waals surface area contributed by atoms with Crippen molar-refractivity contribution in [1.82, 2.24) is 14.5 Å². The average Bonchev–Trinajstić information content (AvgIpc) is 3.00. The standard InChI is InChI=1S/C13H19N3O2/c1-3-15-8-9-16(13(15)17)7-6-14-11(2)12-5-4-10-18-12/h4-5,8-11,14H,3,6-7H2,1-2H3. The molecule has 0 bridgehead atoms. The van der Waals surface area contributed by atoms with Gasteiger partial charge in [-0.15, -0.1) is 0 Å². The molecule has 0 aliphatic heterocycles. The number of aryl methyl sites for hydroxylation is 1. The molecule has 0 saturated heterocycles. The second kappa shape index (κ2) is 5.73. The number of nitrogens with one attached hydrogen (secondary N) is 1. The highest BCUT2D eigenvalue weighted by Gasteiger charge is 2.07. The molecule has 0 amide bonds. The van der Waals surface area contributed by atoms with Gasteiger partial charge in [0, 0.05) is 32.0 Å². The minimum atomic E-state index is 0.0463. The molecule has 1 atom stereocenters. The van der Waals surface area contributed by atoms with Crippen LogP contribution in [0, 0.1) is 0 Å². The van der Waals surface area contributed by atoms with Crippen molar-refractivity contribution in [3.8, 4) is 0 Å². The maximum atomic E-state index is 11.8. The van der Waals surface area contributed by atoms with Crippen molar-refractivity contribution in [3.05, 3.63) is 47.0 Å². The zero-order chi connectivity index (χ0) is 13.0.